The molecular formula is C25H40NO3+. The number of hydrogen-bond acceptors (Lipinski definition) is 3. The maximum absolute atomic E-state index is 12.7. The number of carbonyl (C=O) groups is 1. The molecule has 1 aromatic rings. The van der Waals surface area contributed by atoms with E-state index in [2.05, 4.69) is 45.7 Å². The van der Waals surface area contributed by atoms with Crippen LogP contribution < -0.4 is 5.32 Å². The SMILES string of the molecule is C=C1CC[C@H]2[C@](C)(CCC[C@@]2(C)C(=O)OC)[C@@H]1CCc1ccoc1C[NH2+]C(C)C. The topological polar surface area (TPSA) is 56.0 Å². The molecule has 1 heterocycles. The zero-order valence-electron chi connectivity index (χ0n) is 19.1. The lowest BCUT2D eigenvalue weighted by Crippen LogP contribution is -2.86. The molecule has 0 aromatic carbocycles. The summed E-state index contributed by atoms with van der Waals surface area (Å²) in [6, 6.07) is 2.69. The Kier molecular flexibility index (Phi) is 6.62. The van der Waals surface area contributed by atoms with Gasteiger partial charge in [-0.3, -0.25) is 4.79 Å². The van der Waals surface area contributed by atoms with E-state index in [1.807, 2.05) is 6.26 Å². The van der Waals surface area contributed by atoms with E-state index < -0.39 is 0 Å². The Hall–Kier alpha value is -1.55. The number of rotatable bonds is 7. The summed E-state index contributed by atoms with van der Waals surface area (Å²) in [5.41, 5.74) is 2.45. The van der Waals surface area contributed by atoms with Gasteiger partial charge in [-0.1, -0.05) is 25.5 Å². The van der Waals surface area contributed by atoms with E-state index >= 15 is 0 Å². The number of ether oxygens (including phenoxy) is 1. The second-order valence-electron chi connectivity index (χ2n) is 10.2. The highest BCUT2D eigenvalue weighted by molar-refractivity contribution is 5.77. The monoisotopic (exact) mass is 402 g/mol. The number of esters is 1. The summed E-state index contributed by atoms with van der Waals surface area (Å²) in [6.07, 6.45) is 9.20. The number of methoxy groups -OCH3 is 1. The molecule has 29 heavy (non-hydrogen) atoms. The van der Waals surface area contributed by atoms with Gasteiger partial charge in [-0.15, -0.1) is 0 Å². The third-order valence-electron chi connectivity index (χ3n) is 7.99. The smallest absolute Gasteiger partial charge is 0.311 e. The summed E-state index contributed by atoms with van der Waals surface area (Å²) in [7, 11) is 1.54. The van der Waals surface area contributed by atoms with Crippen LogP contribution >= 0.6 is 0 Å². The first-order valence-corrected chi connectivity index (χ1v) is 11.4. The Morgan fingerprint density at radius 3 is 2.83 bits per heavy atom. The Bertz CT molecular complexity index is 736. The first-order valence-electron chi connectivity index (χ1n) is 11.4. The second-order valence-corrected chi connectivity index (χ2v) is 10.2. The fraction of sp³-hybridized carbons (Fsp3) is 0.720. The molecule has 0 amide bonds. The number of furan rings is 1. The molecule has 3 rings (SSSR count). The molecule has 0 unspecified atom stereocenters. The highest BCUT2D eigenvalue weighted by Gasteiger charge is 2.57. The average molecular weight is 403 g/mol. The number of hydrogen-bond donors (Lipinski definition) is 1. The average Bonchev–Trinajstić information content (AvgIpc) is 3.12. The normalized spacial score (nSPS) is 32.3. The molecule has 0 bridgehead atoms. The van der Waals surface area contributed by atoms with Gasteiger partial charge in [-0.2, -0.15) is 0 Å². The van der Waals surface area contributed by atoms with Gasteiger partial charge in [0.1, 0.15) is 6.54 Å². The zero-order valence-corrected chi connectivity index (χ0v) is 19.1. The van der Waals surface area contributed by atoms with Crippen molar-refractivity contribution < 1.29 is 19.3 Å². The summed E-state index contributed by atoms with van der Waals surface area (Å²) < 4.78 is 11.0. The van der Waals surface area contributed by atoms with Gasteiger partial charge in [-0.25, -0.2) is 0 Å². The molecule has 1 aromatic heterocycles. The second kappa shape index (κ2) is 8.67. The molecule has 2 N–H and O–H groups in total. The lowest BCUT2D eigenvalue weighted by molar-refractivity contribution is -0.699. The van der Waals surface area contributed by atoms with Gasteiger partial charge in [0.15, 0.2) is 5.76 Å². The van der Waals surface area contributed by atoms with E-state index in [4.69, 9.17) is 9.15 Å². The number of carbonyl (C=O) groups excluding carboxylic acids is 1. The summed E-state index contributed by atoms with van der Waals surface area (Å²) >= 11 is 0. The molecule has 0 spiro atoms. The van der Waals surface area contributed by atoms with Crippen LogP contribution in [0.25, 0.3) is 0 Å². The Balaban J connectivity index is 1.78. The van der Waals surface area contributed by atoms with Crippen LogP contribution in [0, 0.1) is 22.7 Å². The van der Waals surface area contributed by atoms with Crippen LogP contribution in [0.2, 0.25) is 0 Å². The molecule has 0 aliphatic heterocycles. The third-order valence-corrected chi connectivity index (χ3v) is 7.99. The van der Waals surface area contributed by atoms with Crippen molar-refractivity contribution in [3.05, 3.63) is 35.8 Å². The minimum absolute atomic E-state index is 0.0268. The molecule has 0 saturated heterocycles. The van der Waals surface area contributed by atoms with Crippen molar-refractivity contribution in [2.75, 3.05) is 7.11 Å². The van der Waals surface area contributed by atoms with E-state index in [9.17, 15) is 4.79 Å². The van der Waals surface area contributed by atoms with Crippen LogP contribution in [-0.2, 0) is 22.5 Å². The Labute approximate surface area is 176 Å². The minimum atomic E-state index is -0.367. The molecule has 2 fully saturated rings. The number of aryl methyl sites for hydroxylation is 1. The molecule has 2 saturated carbocycles. The quantitative estimate of drug-likeness (QED) is 0.534. The fourth-order valence-electron chi connectivity index (χ4n) is 6.37. The summed E-state index contributed by atoms with van der Waals surface area (Å²) in [4.78, 5) is 12.7. The van der Waals surface area contributed by atoms with Gasteiger partial charge in [0.05, 0.1) is 24.8 Å². The van der Waals surface area contributed by atoms with Gasteiger partial charge in [-0.05, 0) is 88.2 Å². The predicted molar refractivity (Wildman–Crippen MR) is 115 cm³/mol. The van der Waals surface area contributed by atoms with Gasteiger partial charge in [0, 0.05) is 0 Å². The number of fused-ring (bicyclic) bond motifs is 1. The minimum Gasteiger partial charge on any atom is -0.469 e. The van der Waals surface area contributed by atoms with Gasteiger partial charge >= 0.3 is 5.97 Å². The predicted octanol–water partition coefficient (Wildman–Crippen LogP) is 4.64. The lowest BCUT2D eigenvalue weighted by Gasteiger charge is -2.57. The Morgan fingerprint density at radius 1 is 1.38 bits per heavy atom. The number of nitrogens with two attached hydrogens (primary N) is 1. The van der Waals surface area contributed by atoms with Crippen molar-refractivity contribution in [3.63, 3.8) is 0 Å². The van der Waals surface area contributed by atoms with E-state index in [0.717, 1.165) is 50.8 Å². The van der Waals surface area contributed by atoms with Crippen LogP contribution in [0.4, 0.5) is 0 Å². The number of allylic oxidation sites excluding steroid dienone is 1. The Morgan fingerprint density at radius 2 is 2.14 bits per heavy atom. The largest absolute Gasteiger partial charge is 0.469 e. The summed E-state index contributed by atoms with van der Waals surface area (Å²) in [5, 5.41) is 2.31. The van der Waals surface area contributed by atoms with Crippen molar-refractivity contribution in [1.29, 1.82) is 0 Å². The first-order chi connectivity index (χ1) is 13.7. The summed E-state index contributed by atoms with van der Waals surface area (Å²) in [6.45, 7) is 14.3. The number of quaternary nitrogens is 1. The molecule has 2 aliphatic carbocycles. The molecule has 4 atom stereocenters. The maximum atomic E-state index is 12.7. The molecular weight excluding hydrogens is 362 g/mol. The summed E-state index contributed by atoms with van der Waals surface area (Å²) in [5.74, 6) is 1.89. The van der Waals surface area contributed by atoms with Crippen molar-refractivity contribution in [2.24, 2.45) is 22.7 Å². The van der Waals surface area contributed by atoms with E-state index in [1.54, 1.807) is 0 Å². The molecule has 2 aliphatic rings. The fourth-order valence-corrected chi connectivity index (χ4v) is 6.37. The highest BCUT2D eigenvalue weighted by Crippen LogP contribution is 2.62. The first kappa shape index (κ1) is 22.1. The van der Waals surface area contributed by atoms with E-state index in [1.165, 1.54) is 24.7 Å². The molecule has 162 valence electrons. The van der Waals surface area contributed by atoms with Crippen LogP contribution in [0.5, 0.6) is 0 Å². The van der Waals surface area contributed by atoms with Crippen LogP contribution in [0.3, 0.4) is 0 Å². The van der Waals surface area contributed by atoms with E-state index in [-0.39, 0.29) is 16.8 Å². The highest BCUT2D eigenvalue weighted by atomic mass is 16.5. The van der Waals surface area contributed by atoms with Crippen molar-refractivity contribution in [3.8, 4) is 0 Å². The third kappa shape index (κ3) is 4.19. The van der Waals surface area contributed by atoms with Crippen LogP contribution in [0.15, 0.2) is 28.9 Å². The van der Waals surface area contributed by atoms with Gasteiger partial charge in [0.2, 0.25) is 0 Å². The molecule has 4 nitrogen and oxygen atoms in total. The van der Waals surface area contributed by atoms with E-state index in [0.29, 0.717) is 17.9 Å². The van der Waals surface area contributed by atoms with Crippen molar-refractivity contribution >= 4 is 5.97 Å². The van der Waals surface area contributed by atoms with Crippen molar-refractivity contribution in [1.82, 2.24) is 0 Å². The van der Waals surface area contributed by atoms with Gasteiger partial charge < -0.3 is 14.5 Å². The van der Waals surface area contributed by atoms with Crippen molar-refractivity contribution in [2.45, 2.75) is 85.2 Å². The van der Waals surface area contributed by atoms with Crippen LogP contribution in [0.1, 0.15) is 77.5 Å². The van der Waals surface area contributed by atoms with Gasteiger partial charge in [0.25, 0.3) is 0 Å². The molecule has 0 radical (unpaired) electrons. The molecule has 4 heteroatoms. The zero-order chi connectivity index (χ0) is 21.2. The van der Waals surface area contributed by atoms with Crippen LogP contribution in [-0.4, -0.2) is 19.1 Å². The lowest BCUT2D eigenvalue weighted by atomic mass is 9.46. The maximum Gasteiger partial charge on any atom is 0.311 e. The standard InChI is InChI=1S/C25H39NO3/c1-17(2)26-16-21-19(12-15-29-21)9-10-20-18(3)8-11-22-24(20,4)13-7-14-25(22,5)23(27)28-6/h12,15,17,20,22,26H,3,7-11,13-14,16H2,1-2,4-6H3/p+1/t20-,22+,24-,25-/m1/s1.